The Balaban J connectivity index is 1.83. The molecule has 1 amide bonds. The van der Waals surface area contributed by atoms with E-state index in [1.807, 2.05) is 25.1 Å². The Morgan fingerprint density at radius 2 is 1.88 bits per heavy atom. The van der Waals surface area contributed by atoms with Crippen molar-refractivity contribution in [1.29, 1.82) is 0 Å². The number of benzene rings is 2. The summed E-state index contributed by atoms with van der Waals surface area (Å²) in [5, 5.41) is 3.65. The zero-order valence-electron chi connectivity index (χ0n) is 13.5. The zero-order valence-corrected chi connectivity index (χ0v) is 13.5. The molecular weight excluding hydrogens is 306 g/mol. The Labute approximate surface area is 138 Å². The van der Waals surface area contributed by atoms with Gasteiger partial charge in [0.2, 0.25) is 0 Å². The molecule has 1 heterocycles. The van der Waals surface area contributed by atoms with Crippen LogP contribution in [0.3, 0.4) is 0 Å². The average molecular weight is 323 g/mol. The monoisotopic (exact) mass is 323 g/mol. The standard InChI is InChI=1S/C19H17NO4/c1-12-9-18(21)24-17-10-15(7-8-16(12)17)20-19(22)14-5-3-13(4-6-14)11-23-2/h3-10H,11H2,1-2H3,(H,20,22). The van der Waals surface area contributed by atoms with Crippen LogP contribution in [0.15, 0.2) is 57.7 Å². The number of anilines is 1. The van der Waals surface area contributed by atoms with Gasteiger partial charge in [0, 0.05) is 35.9 Å². The molecule has 0 aliphatic rings. The van der Waals surface area contributed by atoms with E-state index in [-0.39, 0.29) is 5.91 Å². The van der Waals surface area contributed by atoms with Crippen molar-refractivity contribution < 1.29 is 13.9 Å². The molecule has 1 aromatic heterocycles. The van der Waals surface area contributed by atoms with E-state index in [1.165, 1.54) is 6.07 Å². The third kappa shape index (κ3) is 3.36. The lowest BCUT2D eigenvalue weighted by Crippen LogP contribution is -2.12. The van der Waals surface area contributed by atoms with E-state index >= 15 is 0 Å². The van der Waals surface area contributed by atoms with E-state index in [9.17, 15) is 9.59 Å². The van der Waals surface area contributed by atoms with Gasteiger partial charge in [-0.1, -0.05) is 12.1 Å². The third-order valence-electron chi connectivity index (χ3n) is 3.74. The molecule has 122 valence electrons. The number of fused-ring (bicyclic) bond motifs is 1. The van der Waals surface area contributed by atoms with Gasteiger partial charge in [0.1, 0.15) is 5.58 Å². The van der Waals surface area contributed by atoms with Crippen molar-refractivity contribution in [2.24, 2.45) is 0 Å². The average Bonchev–Trinajstić information content (AvgIpc) is 2.55. The van der Waals surface area contributed by atoms with Crippen LogP contribution in [0.1, 0.15) is 21.5 Å². The molecule has 0 bridgehead atoms. The lowest BCUT2D eigenvalue weighted by molar-refractivity contribution is 0.102. The molecular formula is C19H17NO4. The molecule has 1 N–H and O–H groups in total. The molecule has 0 spiro atoms. The fourth-order valence-electron chi connectivity index (χ4n) is 2.52. The second-order valence-electron chi connectivity index (χ2n) is 5.54. The van der Waals surface area contributed by atoms with Crippen LogP contribution < -0.4 is 10.9 Å². The summed E-state index contributed by atoms with van der Waals surface area (Å²) >= 11 is 0. The number of hydrogen-bond donors (Lipinski definition) is 1. The number of rotatable bonds is 4. The number of methoxy groups -OCH3 is 1. The highest BCUT2D eigenvalue weighted by atomic mass is 16.5. The van der Waals surface area contributed by atoms with Gasteiger partial charge in [-0.2, -0.15) is 0 Å². The Kier molecular flexibility index (Phi) is 4.44. The Bertz CT molecular complexity index is 942. The number of carbonyl (C=O) groups excluding carboxylic acids is 1. The quantitative estimate of drug-likeness (QED) is 0.746. The predicted molar refractivity (Wildman–Crippen MR) is 92.3 cm³/mol. The second-order valence-corrected chi connectivity index (χ2v) is 5.54. The van der Waals surface area contributed by atoms with Crippen molar-refractivity contribution >= 4 is 22.6 Å². The minimum atomic E-state index is -0.405. The number of carbonyl (C=O) groups is 1. The van der Waals surface area contributed by atoms with Crippen LogP contribution >= 0.6 is 0 Å². The van der Waals surface area contributed by atoms with Gasteiger partial charge in [0.25, 0.3) is 5.91 Å². The molecule has 0 aliphatic heterocycles. The van der Waals surface area contributed by atoms with Gasteiger partial charge < -0.3 is 14.5 Å². The summed E-state index contributed by atoms with van der Waals surface area (Å²) in [4.78, 5) is 23.8. The van der Waals surface area contributed by atoms with Gasteiger partial charge in [-0.25, -0.2) is 4.79 Å². The number of amides is 1. The van der Waals surface area contributed by atoms with Crippen molar-refractivity contribution in [2.45, 2.75) is 13.5 Å². The maximum atomic E-state index is 12.3. The van der Waals surface area contributed by atoms with Gasteiger partial charge >= 0.3 is 5.63 Å². The maximum Gasteiger partial charge on any atom is 0.336 e. The normalized spacial score (nSPS) is 10.8. The largest absolute Gasteiger partial charge is 0.423 e. The first kappa shape index (κ1) is 16.0. The van der Waals surface area contributed by atoms with Gasteiger partial charge in [0.05, 0.1) is 6.61 Å². The summed E-state index contributed by atoms with van der Waals surface area (Å²) in [5.74, 6) is -0.228. The Morgan fingerprint density at radius 3 is 2.58 bits per heavy atom. The SMILES string of the molecule is COCc1ccc(C(=O)Nc2ccc3c(C)cc(=O)oc3c2)cc1. The summed E-state index contributed by atoms with van der Waals surface area (Å²) in [7, 11) is 1.63. The minimum absolute atomic E-state index is 0.228. The molecule has 0 aliphatic carbocycles. The molecule has 0 atom stereocenters. The van der Waals surface area contributed by atoms with Crippen molar-refractivity contribution in [1.82, 2.24) is 0 Å². The van der Waals surface area contributed by atoms with Gasteiger partial charge in [-0.05, 0) is 42.3 Å². The molecule has 0 radical (unpaired) electrons. The van der Waals surface area contributed by atoms with Crippen molar-refractivity contribution in [3.63, 3.8) is 0 Å². The first-order valence-corrected chi connectivity index (χ1v) is 7.50. The number of nitrogens with one attached hydrogen (secondary N) is 1. The van der Waals surface area contributed by atoms with Crippen LogP contribution in [0.4, 0.5) is 5.69 Å². The van der Waals surface area contributed by atoms with Gasteiger partial charge in [0.15, 0.2) is 0 Å². The molecule has 5 heteroatoms. The molecule has 5 nitrogen and oxygen atoms in total. The molecule has 0 saturated carbocycles. The van der Waals surface area contributed by atoms with Crippen LogP contribution in [0.5, 0.6) is 0 Å². The summed E-state index contributed by atoms with van der Waals surface area (Å²) in [6.45, 7) is 2.35. The van der Waals surface area contributed by atoms with E-state index in [4.69, 9.17) is 9.15 Å². The minimum Gasteiger partial charge on any atom is -0.423 e. The number of aryl methyl sites for hydroxylation is 1. The Morgan fingerprint density at radius 1 is 1.12 bits per heavy atom. The zero-order chi connectivity index (χ0) is 17.1. The van der Waals surface area contributed by atoms with Crippen molar-refractivity contribution in [2.75, 3.05) is 12.4 Å². The molecule has 0 fully saturated rings. The van der Waals surface area contributed by atoms with Crippen LogP contribution in [0, 0.1) is 6.92 Å². The smallest absolute Gasteiger partial charge is 0.336 e. The van der Waals surface area contributed by atoms with E-state index < -0.39 is 5.63 Å². The lowest BCUT2D eigenvalue weighted by atomic mass is 10.1. The summed E-state index contributed by atoms with van der Waals surface area (Å²) in [6, 6.07) is 13.9. The lowest BCUT2D eigenvalue weighted by Gasteiger charge is -2.08. The fraction of sp³-hybridized carbons (Fsp3) is 0.158. The summed E-state index contributed by atoms with van der Waals surface area (Å²) < 4.78 is 10.2. The van der Waals surface area contributed by atoms with E-state index in [0.29, 0.717) is 23.4 Å². The van der Waals surface area contributed by atoms with Crippen LogP contribution in [-0.4, -0.2) is 13.0 Å². The summed E-state index contributed by atoms with van der Waals surface area (Å²) in [6.07, 6.45) is 0. The molecule has 3 rings (SSSR count). The van der Waals surface area contributed by atoms with Crippen LogP contribution in [-0.2, 0) is 11.3 Å². The first-order chi connectivity index (χ1) is 11.6. The molecule has 24 heavy (non-hydrogen) atoms. The van der Waals surface area contributed by atoms with Crippen molar-refractivity contribution in [3.8, 4) is 0 Å². The van der Waals surface area contributed by atoms with E-state index in [1.54, 1.807) is 31.4 Å². The molecule has 2 aromatic carbocycles. The van der Waals surface area contributed by atoms with Gasteiger partial charge in [-0.15, -0.1) is 0 Å². The maximum absolute atomic E-state index is 12.3. The first-order valence-electron chi connectivity index (χ1n) is 7.50. The third-order valence-corrected chi connectivity index (χ3v) is 3.74. The highest BCUT2D eigenvalue weighted by molar-refractivity contribution is 6.05. The van der Waals surface area contributed by atoms with Gasteiger partial charge in [-0.3, -0.25) is 4.79 Å². The van der Waals surface area contributed by atoms with Crippen molar-refractivity contribution in [3.05, 3.63) is 75.6 Å². The molecule has 3 aromatic rings. The topological polar surface area (TPSA) is 68.5 Å². The Hall–Kier alpha value is -2.92. The second kappa shape index (κ2) is 6.68. The van der Waals surface area contributed by atoms with E-state index in [2.05, 4.69) is 5.32 Å². The summed E-state index contributed by atoms with van der Waals surface area (Å²) in [5.41, 5.74) is 3.00. The van der Waals surface area contributed by atoms with E-state index in [0.717, 1.165) is 16.5 Å². The predicted octanol–water partition coefficient (Wildman–Crippen LogP) is 3.50. The number of hydrogen-bond acceptors (Lipinski definition) is 4. The molecule has 0 saturated heterocycles. The van der Waals surface area contributed by atoms with Crippen LogP contribution in [0.25, 0.3) is 11.0 Å². The number of ether oxygens (including phenoxy) is 1. The fourth-order valence-corrected chi connectivity index (χ4v) is 2.52. The highest BCUT2D eigenvalue weighted by Crippen LogP contribution is 2.21. The van der Waals surface area contributed by atoms with Crippen LogP contribution in [0.2, 0.25) is 0 Å². The highest BCUT2D eigenvalue weighted by Gasteiger charge is 2.08. The molecule has 0 unspecified atom stereocenters.